The van der Waals surface area contributed by atoms with Gasteiger partial charge < -0.3 is 23.9 Å². The zero-order valence-corrected chi connectivity index (χ0v) is 15.5. The van der Waals surface area contributed by atoms with E-state index < -0.39 is 0 Å². The topological polar surface area (TPSA) is 65.8 Å². The van der Waals surface area contributed by atoms with Crippen LogP contribution >= 0.6 is 0 Å². The van der Waals surface area contributed by atoms with Gasteiger partial charge in [0, 0.05) is 12.7 Å². The molecule has 0 saturated heterocycles. The van der Waals surface area contributed by atoms with Gasteiger partial charge in [-0.25, -0.2) is 4.98 Å². The number of nitrogens with one attached hydrogen (secondary N) is 1. The molecule has 0 aliphatic carbocycles. The molecule has 4 aromatic rings. The maximum absolute atomic E-state index is 6.00. The lowest BCUT2D eigenvalue weighted by molar-refractivity contribution is 0.174. The van der Waals surface area contributed by atoms with E-state index in [1.807, 2.05) is 61.6 Å². The molecule has 0 fully saturated rings. The number of hydrogen-bond acceptors (Lipinski definition) is 6. The summed E-state index contributed by atoms with van der Waals surface area (Å²) in [5.74, 6) is 2.76. The molecule has 1 aliphatic rings. The molecule has 0 amide bonds. The summed E-state index contributed by atoms with van der Waals surface area (Å²) in [6, 6.07) is 17.7. The van der Waals surface area contributed by atoms with Gasteiger partial charge in [-0.15, -0.1) is 0 Å². The van der Waals surface area contributed by atoms with Gasteiger partial charge in [0.2, 0.25) is 12.7 Å². The molecule has 3 aromatic carbocycles. The van der Waals surface area contributed by atoms with Crippen molar-refractivity contribution in [3.8, 4) is 39.8 Å². The average Bonchev–Trinajstić information content (AvgIpc) is 3.38. The average molecular weight is 374 g/mol. The summed E-state index contributed by atoms with van der Waals surface area (Å²) >= 11 is 0. The van der Waals surface area contributed by atoms with E-state index in [1.165, 1.54) is 0 Å². The number of ether oxygens (including phenoxy) is 3. The van der Waals surface area contributed by atoms with Crippen molar-refractivity contribution in [2.45, 2.75) is 0 Å². The van der Waals surface area contributed by atoms with Gasteiger partial charge >= 0.3 is 0 Å². The number of methoxy groups -OCH3 is 1. The molecule has 0 saturated carbocycles. The Labute approximate surface area is 161 Å². The first-order valence-corrected chi connectivity index (χ1v) is 8.92. The van der Waals surface area contributed by atoms with E-state index in [1.54, 1.807) is 7.11 Å². The van der Waals surface area contributed by atoms with Crippen molar-refractivity contribution in [1.82, 2.24) is 4.98 Å². The van der Waals surface area contributed by atoms with Crippen LogP contribution in [0.3, 0.4) is 0 Å². The van der Waals surface area contributed by atoms with Crippen molar-refractivity contribution in [2.24, 2.45) is 0 Å². The Morgan fingerprint density at radius 2 is 1.75 bits per heavy atom. The monoisotopic (exact) mass is 374 g/mol. The molecule has 0 radical (unpaired) electrons. The molecule has 6 nitrogen and oxygen atoms in total. The lowest BCUT2D eigenvalue weighted by atomic mass is 10.0. The van der Waals surface area contributed by atoms with Crippen molar-refractivity contribution in [1.29, 1.82) is 0 Å². The summed E-state index contributed by atoms with van der Waals surface area (Å²) in [5.41, 5.74) is 5.32. The third kappa shape index (κ3) is 2.70. The van der Waals surface area contributed by atoms with Crippen LogP contribution in [0.15, 0.2) is 59.0 Å². The maximum Gasteiger partial charge on any atom is 0.231 e. The van der Waals surface area contributed by atoms with Gasteiger partial charge in [0.15, 0.2) is 17.1 Å². The van der Waals surface area contributed by atoms with Gasteiger partial charge in [0.05, 0.1) is 12.7 Å². The molecular formula is C22H18N2O4. The highest BCUT2D eigenvalue weighted by Gasteiger charge is 2.16. The van der Waals surface area contributed by atoms with Crippen molar-refractivity contribution in [2.75, 3.05) is 26.3 Å². The minimum atomic E-state index is 0.262. The second-order valence-corrected chi connectivity index (χ2v) is 6.43. The third-order valence-electron chi connectivity index (χ3n) is 4.81. The quantitative estimate of drug-likeness (QED) is 0.546. The SMILES string of the molecule is CNc1ccc(OC)c(-c2nc3cc(-c4ccc5c(c4)OCO5)ccc3o2)c1. The van der Waals surface area contributed by atoms with Crippen LogP contribution in [-0.2, 0) is 0 Å². The summed E-state index contributed by atoms with van der Waals surface area (Å²) in [6.45, 7) is 0.262. The predicted octanol–water partition coefficient (Wildman–Crippen LogP) is 4.94. The van der Waals surface area contributed by atoms with Crippen LogP contribution in [0.1, 0.15) is 0 Å². The first-order chi connectivity index (χ1) is 13.7. The van der Waals surface area contributed by atoms with Gasteiger partial charge in [-0.3, -0.25) is 0 Å². The second-order valence-electron chi connectivity index (χ2n) is 6.43. The first kappa shape index (κ1) is 16.5. The van der Waals surface area contributed by atoms with Crippen molar-refractivity contribution in [3.05, 3.63) is 54.6 Å². The fraction of sp³-hybridized carbons (Fsp3) is 0.136. The van der Waals surface area contributed by atoms with E-state index in [-0.39, 0.29) is 6.79 Å². The second kappa shape index (κ2) is 6.49. The zero-order chi connectivity index (χ0) is 19.1. The normalized spacial score (nSPS) is 12.4. The molecule has 1 aliphatic heterocycles. The summed E-state index contributed by atoms with van der Waals surface area (Å²) in [7, 11) is 3.51. The Balaban J connectivity index is 1.58. The number of hydrogen-bond donors (Lipinski definition) is 1. The minimum Gasteiger partial charge on any atom is -0.496 e. The van der Waals surface area contributed by atoms with Crippen molar-refractivity contribution < 1.29 is 18.6 Å². The molecule has 2 heterocycles. The highest BCUT2D eigenvalue weighted by molar-refractivity contribution is 5.84. The molecule has 1 N–H and O–H groups in total. The number of fused-ring (bicyclic) bond motifs is 2. The van der Waals surface area contributed by atoms with Crippen LogP contribution < -0.4 is 19.5 Å². The van der Waals surface area contributed by atoms with Crippen LogP contribution in [0.5, 0.6) is 17.2 Å². The summed E-state index contributed by atoms with van der Waals surface area (Å²) in [6.07, 6.45) is 0. The van der Waals surface area contributed by atoms with Crippen LogP contribution in [0.25, 0.3) is 33.7 Å². The number of oxazole rings is 1. The molecular weight excluding hydrogens is 356 g/mol. The van der Waals surface area contributed by atoms with Crippen LogP contribution in [0.2, 0.25) is 0 Å². The summed E-state index contributed by atoms with van der Waals surface area (Å²) in [4.78, 5) is 4.70. The number of benzene rings is 3. The Bertz CT molecular complexity index is 1180. The van der Waals surface area contributed by atoms with E-state index in [0.29, 0.717) is 11.6 Å². The Morgan fingerprint density at radius 1 is 0.929 bits per heavy atom. The molecule has 6 heteroatoms. The number of anilines is 1. The Morgan fingerprint density at radius 3 is 2.61 bits per heavy atom. The molecule has 0 unspecified atom stereocenters. The minimum absolute atomic E-state index is 0.262. The van der Waals surface area contributed by atoms with Gasteiger partial charge in [0.1, 0.15) is 11.3 Å². The highest BCUT2D eigenvalue weighted by atomic mass is 16.7. The van der Waals surface area contributed by atoms with E-state index in [0.717, 1.165) is 45.0 Å². The van der Waals surface area contributed by atoms with Crippen LogP contribution in [0, 0.1) is 0 Å². The number of nitrogens with zero attached hydrogens (tertiary/aromatic N) is 1. The summed E-state index contributed by atoms with van der Waals surface area (Å²) in [5, 5.41) is 3.13. The van der Waals surface area contributed by atoms with Crippen LogP contribution in [-0.4, -0.2) is 25.9 Å². The maximum atomic E-state index is 6.00. The fourth-order valence-corrected chi connectivity index (χ4v) is 3.33. The van der Waals surface area contributed by atoms with Gasteiger partial charge in [-0.1, -0.05) is 12.1 Å². The van der Waals surface area contributed by atoms with E-state index in [4.69, 9.17) is 23.6 Å². The smallest absolute Gasteiger partial charge is 0.231 e. The summed E-state index contributed by atoms with van der Waals surface area (Å²) < 4.78 is 22.3. The lowest BCUT2D eigenvalue weighted by Crippen LogP contribution is -1.92. The predicted molar refractivity (Wildman–Crippen MR) is 107 cm³/mol. The standard InChI is InChI=1S/C22H18N2O4/c1-23-15-5-8-18(25-2)16(11-15)22-24-17-9-13(3-6-19(17)28-22)14-4-7-20-21(10-14)27-12-26-20/h3-11,23H,12H2,1-2H3. The largest absolute Gasteiger partial charge is 0.496 e. The number of rotatable bonds is 4. The Kier molecular flexibility index (Phi) is 3.83. The fourth-order valence-electron chi connectivity index (χ4n) is 3.33. The van der Waals surface area contributed by atoms with E-state index >= 15 is 0 Å². The van der Waals surface area contributed by atoms with Gasteiger partial charge in [0.25, 0.3) is 0 Å². The molecule has 0 spiro atoms. The third-order valence-corrected chi connectivity index (χ3v) is 4.81. The molecule has 28 heavy (non-hydrogen) atoms. The van der Waals surface area contributed by atoms with E-state index in [9.17, 15) is 0 Å². The molecule has 0 bridgehead atoms. The molecule has 140 valence electrons. The Hall–Kier alpha value is -3.67. The zero-order valence-electron chi connectivity index (χ0n) is 15.5. The molecule has 0 atom stereocenters. The van der Waals surface area contributed by atoms with Crippen molar-refractivity contribution in [3.63, 3.8) is 0 Å². The highest BCUT2D eigenvalue weighted by Crippen LogP contribution is 2.38. The van der Waals surface area contributed by atoms with Crippen LogP contribution in [0.4, 0.5) is 5.69 Å². The first-order valence-electron chi connectivity index (χ1n) is 8.92. The lowest BCUT2D eigenvalue weighted by Gasteiger charge is -2.07. The van der Waals surface area contributed by atoms with Crippen molar-refractivity contribution >= 4 is 16.8 Å². The number of aromatic nitrogens is 1. The molecule has 1 aromatic heterocycles. The van der Waals surface area contributed by atoms with Gasteiger partial charge in [-0.05, 0) is 53.6 Å². The van der Waals surface area contributed by atoms with Gasteiger partial charge in [-0.2, -0.15) is 0 Å². The molecule has 5 rings (SSSR count). The van der Waals surface area contributed by atoms with E-state index in [2.05, 4.69) is 5.32 Å².